The molecule has 3 aromatic rings. The molecule has 0 radical (unpaired) electrons. The Bertz CT molecular complexity index is 950. The van der Waals surface area contributed by atoms with Gasteiger partial charge in [0.2, 0.25) is 0 Å². The number of hydrogen-bond donors (Lipinski definition) is 1. The summed E-state index contributed by atoms with van der Waals surface area (Å²) in [5.74, 6) is 1.65. The van der Waals surface area contributed by atoms with Gasteiger partial charge in [0.15, 0.2) is 0 Å². The van der Waals surface area contributed by atoms with Gasteiger partial charge in [-0.1, -0.05) is 0 Å². The molecule has 0 unspecified atom stereocenters. The third-order valence-electron chi connectivity index (χ3n) is 5.34. The maximum absolute atomic E-state index is 5.99. The van der Waals surface area contributed by atoms with Crippen LogP contribution in [0.3, 0.4) is 0 Å². The number of morpholine rings is 1. The second kappa shape index (κ2) is 9.32. The highest BCUT2D eigenvalue weighted by Crippen LogP contribution is 2.23. The van der Waals surface area contributed by atoms with Crippen LogP contribution in [0, 0.1) is 6.92 Å². The lowest BCUT2D eigenvalue weighted by atomic mass is 10.1. The molecule has 0 aliphatic carbocycles. The lowest BCUT2D eigenvalue weighted by Gasteiger charge is -2.31. The fraction of sp³-hybridized carbons (Fsp3) is 0.455. The molecule has 0 saturated carbocycles. The quantitative estimate of drug-likeness (QED) is 0.614. The lowest BCUT2D eigenvalue weighted by molar-refractivity contribution is -0.0350. The fourth-order valence-electron chi connectivity index (χ4n) is 3.69. The maximum Gasteiger partial charge on any atom is 0.119 e. The van der Waals surface area contributed by atoms with Crippen LogP contribution >= 0.6 is 0 Å². The molecule has 4 rings (SSSR count). The number of aryl methyl sites for hydroxylation is 2. The van der Waals surface area contributed by atoms with E-state index >= 15 is 0 Å². The molecule has 0 amide bonds. The minimum absolute atomic E-state index is 0.0248. The second-order valence-electron chi connectivity index (χ2n) is 7.60. The van der Waals surface area contributed by atoms with E-state index in [0.29, 0.717) is 13.2 Å². The van der Waals surface area contributed by atoms with E-state index in [4.69, 9.17) is 14.2 Å². The highest BCUT2D eigenvalue weighted by molar-refractivity contribution is 5.31. The van der Waals surface area contributed by atoms with Crippen LogP contribution in [0.5, 0.6) is 11.5 Å². The molecule has 1 aliphatic rings. The first-order chi connectivity index (χ1) is 14.6. The number of aromatic nitrogens is 4. The summed E-state index contributed by atoms with van der Waals surface area (Å²) in [6.45, 7) is 5.95. The average Bonchev–Trinajstić information content (AvgIpc) is 3.35. The van der Waals surface area contributed by atoms with E-state index in [2.05, 4.69) is 39.4 Å². The fourth-order valence-corrected chi connectivity index (χ4v) is 3.69. The van der Waals surface area contributed by atoms with Crippen LogP contribution in [-0.2, 0) is 24.8 Å². The predicted octanol–water partition coefficient (Wildman–Crippen LogP) is 2.66. The molecule has 8 nitrogen and oxygen atoms in total. The van der Waals surface area contributed by atoms with Gasteiger partial charge in [-0.3, -0.25) is 14.7 Å². The summed E-state index contributed by atoms with van der Waals surface area (Å²) >= 11 is 0. The van der Waals surface area contributed by atoms with Crippen LogP contribution in [0.25, 0.3) is 0 Å². The topological polar surface area (TPSA) is 77.4 Å². The summed E-state index contributed by atoms with van der Waals surface area (Å²) in [5.41, 5.74) is 4.33. The molecule has 1 aliphatic heterocycles. The van der Waals surface area contributed by atoms with Gasteiger partial charge in [0, 0.05) is 50.6 Å². The molecule has 1 atom stereocenters. The molecule has 1 N–H and O–H groups in total. The Morgan fingerprint density at radius 1 is 1.23 bits per heavy atom. The molecule has 2 aromatic heterocycles. The minimum Gasteiger partial charge on any atom is -0.497 e. The first-order valence-corrected chi connectivity index (χ1v) is 10.2. The van der Waals surface area contributed by atoms with Crippen LogP contribution in [0.1, 0.15) is 28.7 Å². The number of nitrogens with one attached hydrogen (secondary N) is 1. The van der Waals surface area contributed by atoms with Gasteiger partial charge in [-0.25, -0.2) is 0 Å². The minimum atomic E-state index is -0.0248. The molecule has 1 fully saturated rings. The normalized spacial score (nSPS) is 17.2. The molecule has 0 spiro atoms. The lowest BCUT2D eigenvalue weighted by Crippen LogP contribution is -2.38. The monoisotopic (exact) mass is 411 g/mol. The van der Waals surface area contributed by atoms with E-state index in [0.717, 1.165) is 54.6 Å². The molecule has 1 saturated heterocycles. The molecule has 30 heavy (non-hydrogen) atoms. The van der Waals surface area contributed by atoms with Crippen LogP contribution in [0.2, 0.25) is 0 Å². The van der Waals surface area contributed by atoms with Gasteiger partial charge in [0.05, 0.1) is 31.7 Å². The van der Waals surface area contributed by atoms with Crippen LogP contribution in [0.15, 0.2) is 36.5 Å². The Morgan fingerprint density at radius 2 is 2.03 bits per heavy atom. The number of methoxy groups -OCH3 is 1. The summed E-state index contributed by atoms with van der Waals surface area (Å²) in [6, 6.07) is 9.68. The standard InChI is InChI=1S/C22H29N5O3/c1-16-17(13-26(2)25-16)14-27-9-11-30-22(15-27)21-12-18(23-24-21)8-10-29-20-6-4-19(28-3)5-7-20/h4-7,12-13,22H,8-11,14-15H2,1-3H3,(H,23,24)/t22-/m0/s1. The van der Waals surface area contributed by atoms with Crippen molar-refractivity contribution < 1.29 is 14.2 Å². The first kappa shape index (κ1) is 20.4. The Hall–Kier alpha value is -2.84. The predicted molar refractivity (Wildman–Crippen MR) is 113 cm³/mol. The van der Waals surface area contributed by atoms with Gasteiger partial charge in [-0.15, -0.1) is 0 Å². The number of rotatable bonds is 8. The first-order valence-electron chi connectivity index (χ1n) is 10.2. The zero-order valence-corrected chi connectivity index (χ0v) is 17.8. The highest BCUT2D eigenvalue weighted by Gasteiger charge is 2.25. The van der Waals surface area contributed by atoms with E-state index < -0.39 is 0 Å². The van der Waals surface area contributed by atoms with Crippen LogP contribution in [0.4, 0.5) is 0 Å². The van der Waals surface area contributed by atoms with Crippen molar-refractivity contribution in [1.29, 1.82) is 0 Å². The molecule has 1 aromatic carbocycles. The molecule has 160 valence electrons. The number of benzene rings is 1. The van der Waals surface area contributed by atoms with Crippen molar-refractivity contribution in [2.75, 3.05) is 33.4 Å². The third kappa shape index (κ3) is 5.01. The average molecular weight is 412 g/mol. The zero-order chi connectivity index (χ0) is 20.9. The number of ether oxygens (including phenoxy) is 3. The number of hydrogen-bond acceptors (Lipinski definition) is 6. The van der Waals surface area contributed by atoms with Crippen molar-refractivity contribution in [3.8, 4) is 11.5 Å². The van der Waals surface area contributed by atoms with E-state index in [1.54, 1.807) is 7.11 Å². The van der Waals surface area contributed by atoms with Gasteiger partial charge in [0.1, 0.15) is 17.6 Å². The van der Waals surface area contributed by atoms with Crippen molar-refractivity contribution in [3.05, 3.63) is 59.2 Å². The summed E-state index contributed by atoms with van der Waals surface area (Å²) in [5, 5.41) is 12.0. The highest BCUT2D eigenvalue weighted by atomic mass is 16.5. The molecule has 8 heteroatoms. The molecular weight excluding hydrogens is 382 g/mol. The van der Waals surface area contributed by atoms with Gasteiger partial charge in [-0.05, 0) is 37.3 Å². The van der Waals surface area contributed by atoms with Crippen LogP contribution in [-0.4, -0.2) is 58.3 Å². The molecular formula is C22H29N5O3. The number of aromatic amines is 1. The van der Waals surface area contributed by atoms with E-state index in [1.165, 1.54) is 5.56 Å². The van der Waals surface area contributed by atoms with E-state index in [1.807, 2.05) is 36.0 Å². The van der Waals surface area contributed by atoms with Crippen molar-refractivity contribution in [3.63, 3.8) is 0 Å². The van der Waals surface area contributed by atoms with Crippen LogP contribution < -0.4 is 9.47 Å². The Balaban J connectivity index is 1.28. The maximum atomic E-state index is 5.99. The van der Waals surface area contributed by atoms with Gasteiger partial charge in [-0.2, -0.15) is 10.2 Å². The number of H-pyrrole nitrogens is 1. The van der Waals surface area contributed by atoms with Gasteiger partial charge < -0.3 is 14.2 Å². The van der Waals surface area contributed by atoms with Crippen molar-refractivity contribution in [1.82, 2.24) is 24.9 Å². The van der Waals surface area contributed by atoms with Gasteiger partial charge in [0.25, 0.3) is 0 Å². The van der Waals surface area contributed by atoms with E-state index in [9.17, 15) is 0 Å². The van der Waals surface area contributed by atoms with Gasteiger partial charge >= 0.3 is 0 Å². The summed E-state index contributed by atoms with van der Waals surface area (Å²) in [7, 11) is 3.61. The molecule has 0 bridgehead atoms. The SMILES string of the molecule is COc1ccc(OCCc2cc([C@@H]3CN(Cc4cn(C)nc4C)CCO3)n[nH]2)cc1. The van der Waals surface area contributed by atoms with E-state index in [-0.39, 0.29) is 6.10 Å². The smallest absolute Gasteiger partial charge is 0.119 e. The molecule has 3 heterocycles. The zero-order valence-electron chi connectivity index (χ0n) is 17.8. The second-order valence-corrected chi connectivity index (χ2v) is 7.60. The number of nitrogens with zero attached hydrogens (tertiary/aromatic N) is 4. The Labute approximate surface area is 176 Å². The third-order valence-corrected chi connectivity index (χ3v) is 5.34. The summed E-state index contributed by atoms with van der Waals surface area (Å²) in [6.07, 6.45) is 2.82. The van der Waals surface area contributed by atoms with Crippen molar-refractivity contribution in [2.45, 2.75) is 26.0 Å². The largest absolute Gasteiger partial charge is 0.497 e. The van der Waals surface area contributed by atoms with Crippen molar-refractivity contribution in [2.24, 2.45) is 7.05 Å². The Kier molecular flexibility index (Phi) is 6.35. The van der Waals surface area contributed by atoms with Crippen molar-refractivity contribution >= 4 is 0 Å². The summed E-state index contributed by atoms with van der Waals surface area (Å²) < 4.78 is 18.8. The summed E-state index contributed by atoms with van der Waals surface area (Å²) in [4.78, 5) is 2.40. The Morgan fingerprint density at radius 3 is 2.77 bits per heavy atom.